The zero-order valence-electron chi connectivity index (χ0n) is 15.8. The summed E-state index contributed by atoms with van der Waals surface area (Å²) in [6, 6.07) is 12.7. The summed E-state index contributed by atoms with van der Waals surface area (Å²) in [5.41, 5.74) is 1.56. The van der Waals surface area contributed by atoms with E-state index in [4.69, 9.17) is 0 Å². The molecular formula is C21H35IN2. The molecule has 1 aromatic rings. The largest absolute Gasteiger partial charge is 1.00 e. The van der Waals surface area contributed by atoms with Gasteiger partial charge in [-0.2, -0.15) is 0 Å². The molecule has 3 heteroatoms. The summed E-state index contributed by atoms with van der Waals surface area (Å²) in [7, 11) is 2.44. The van der Waals surface area contributed by atoms with E-state index < -0.39 is 0 Å². The minimum atomic E-state index is 0. The highest BCUT2D eigenvalue weighted by Gasteiger charge is 2.37. The van der Waals surface area contributed by atoms with Gasteiger partial charge in [-0.25, -0.2) is 0 Å². The van der Waals surface area contributed by atoms with Crippen LogP contribution in [-0.4, -0.2) is 48.7 Å². The lowest BCUT2D eigenvalue weighted by atomic mass is 9.80. The van der Waals surface area contributed by atoms with Gasteiger partial charge >= 0.3 is 0 Å². The number of piperazine rings is 1. The second-order valence-corrected chi connectivity index (χ2v) is 8.31. The van der Waals surface area contributed by atoms with Crippen molar-refractivity contribution in [2.24, 2.45) is 5.92 Å². The molecule has 0 aromatic heterocycles. The molecule has 1 saturated carbocycles. The maximum atomic E-state index is 2.81. The number of hydrogen-bond acceptors (Lipinski definition) is 1. The molecule has 0 spiro atoms. The van der Waals surface area contributed by atoms with Crippen molar-refractivity contribution in [2.45, 2.75) is 58.0 Å². The fraction of sp³-hybridized carbons (Fsp3) is 0.714. The molecule has 0 bridgehead atoms. The van der Waals surface area contributed by atoms with Crippen LogP contribution in [0.15, 0.2) is 30.3 Å². The molecule has 1 unspecified atom stereocenters. The Morgan fingerprint density at radius 1 is 0.958 bits per heavy atom. The molecule has 1 heterocycles. The number of hydrogen-bond donors (Lipinski definition) is 0. The summed E-state index contributed by atoms with van der Waals surface area (Å²) in [6.45, 7) is 9.87. The van der Waals surface area contributed by atoms with Crippen LogP contribution < -0.4 is 24.0 Å². The Hall–Kier alpha value is -0.130. The number of halogens is 1. The average molecular weight is 442 g/mol. The summed E-state index contributed by atoms with van der Waals surface area (Å²) in [5.74, 6) is 0.863. The van der Waals surface area contributed by atoms with E-state index in [-0.39, 0.29) is 24.0 Å². The van der Waals surface area contributed by atoms with Crippen LogP contribution >= 0.6 is 0 Å². The quantitative estimate of drug-likeness (QED) is 0.505. The Bertz CT molecular complexity index is 474. The van der Waals surface area contributed by atoms with Crippen LogP contribution in [0.5, 0.6) is 0 Å². The van der Waals surface area contributed by atoms with E-state index in [0.29, 0.717) is 6.04 Å². The molecule has 136 valence electrons. The number of nitrogens with zero attached hydrogens (tertiary/aromatic N) is 2. The van der Waals surface area contributed by atoms with E-state index in [1.54, 1.807) is 5.56 Å². The average Bonchev–Trinajstić information content (AvgIpc) is 2.59. The first-order valence-electron chi connectivity index (χ1n) is 9.73. The molecule has 2 nitrogen and oxygen atoms in total. The first-order valence-corrected chi connectivity index (χ1v) is 9.73. The summed E-state index contributed by atoms with van der Waals surface area (Å²) in [5, 5.41) is 0. The van der Waals surface area contributed by atoms with Crippen molar-refractivity contribution in [2.75, 3.05) is 33.2 Å². The van der Waals surface area contributed by atoms with Crippen LogP contribution in [0.25, 0.3) is 0 Å². The van der Waals surface area contributed by atoms with Crippen LogP contribution in [0.3, 0.4) is 0 Å². The third-order valence-electron chi connectivity index (χ3n) is 6.67. The highest BCUT2D eigenvalue weighted by molar-refractivity contribution is 5.20. The Kier molecular flexibility index (Phi) is 7.57. The standard InChI is InChI=1S/C21H35N2.HI/c1-18(2)23(3)16-14-22(15-17-23)21(19-10-6-4-7-11-19)20-12-8-5-9-13-20;/h4,6-7,10-11,18,20-21H,5,8-9,12-17H2,1-3H3;1H/q+1;/p-1. The van der Waals surface area contributed by atoms with Crippen molar-refractivity contribution in [1.29, 1.82) is 0 Å². The topological polar surface area (TPSA) is 3.24 Å². The van der Waals surface area contributed by atoms with Crippen LogP contribution in [0, 0.1) is 5.92 Å². The Morgan fingerprint density at radius 3 is 2.08 bits per heavy atom. The van der Waals surface area contributed by atoms with E-state index >= 15 is 0 Å². The SMILES string of the molecule is CC(C)[N+]1(C)CCN(C(c2ccccc2)C2CCCCC2)CC1.[I-]. The third kappa shape index (κ3) is 4.53. The first-order chi connectivity index (χ1) is 11.1. The molecule has 0 N–H and O–H groups in total. The van der Waals surface area contributed by atoms with Crippen LogP contribution in [0.4, 0.5) is 0 Å². The van der Waals surface area contributed by atoms with Gasteiger partial charge in [0, 0.05) is 19.1 Å². The maximum absolute atomic E-state index is 2.81. The summed E-state index contributed by atoms with van der Waals surface area (Å²) in [6.07, 6.45) is 7.16. The lowest BCUT2D eigenvalue weighted by molar-refractivity contribution is -0.933. The third-order valence-corrected chi connectivity index (χ3v) is 6.67. The number of quaternary nitrogens is 1. The van der Waals surface area contributed by atoms with Gasteiger partial charge in [-0.15, -0.1) is 0 Å². The van der Waals surface area contributed by atoms with Crippen molar-refractivity contribution < 1.29 is 28.5 Å². The van der Waals surface area contributed by atoms with E-state index in [1.807, 2.05) is 0 Å². The molecule has 2 fully saturated rings. The van der Waals surface area contributed by atoms with Crippen LogP contribution in [0.2, 0.25) is 0 Å². The Labute approximate surface area is 166 Å². The lowest BCUT2D eigenvalue weighted by Crippen LogP contribution is -3.00. The predicted octanol–water partition coefficient (Wildman–Crippen LogP) is 1.48. The number of likely N-dealkylation sites (N-methyl/N-ethyl adjacent to an activating group) is 1. The molecule has 1 aliphatic heterocycles. The monoisotopic (exact) mass is 442 g/mol. The van der Waals surface area contributed by atoms with E-state index in [2.05, 4.69) is 56.1 Å². The van der Waals surface area contributed by atoms with Gasteiger partial charge in [0.25, 0.3) is 0 Å². The van der Waals surface area contributed by atoms with Gasteiger partial charge in [-0.3, -0.25) is 4.90 Å². The smallest absolute Gasteiger partial charge is 0.0916 e. The van der Waals surface area contributed by atoms with Crippen LogP contribution in [0.1, 0.15) is 57.6 Å². The molecule has 24 heavy (non-hydrogen) atoms. The normalized spacial score (nSPS) is 23.7. The summed E-state index contributed by atoms with van der Waals surface area (Å²) in [4.78, 5) is 2.81. The highest BCUT2D eigenvalue weighted by Crippen LogP contribution is 2.39. The zero-order valence-corrected chi connectivity index (χ0v) is 17.9. The van der Waals surface area contributed by atoms with Crippen molar-refractivity contribution >= 4 is 0 Å². The summed E-state index contributed by atoms with van der Waals surface area (Å²) < 4.78 is 1.24. The minimum absolute atomic E-state index is 0. The maximum Gasteiger partial charge on any atom is 0.0916 e. The van der Waals surface area contributed by atoms with Gasteiger partial charge in [-0.1, -0.05) is 49.6 Å². The van der Waals surface area contributed by atoms with Gasteiger partial charge in [0.15, 0.2) is 0 Å². The molecular weight excluding hydrogens is 407 g/mol. The van der Waals surface area contributed by atoms with E-state index in [9.17, 15) is 0 Å². The molecule has 0 amide bonds. The second kappa shape index (κ2) is 9.00. The van der Waals surface area contributed by atoms with Gasteiger partial charge in [0.1, 0.15) is 0 Å². The lowest BCUT2D eigenvalue weighted by Gasteiger charge is -2.48. The minimum Gasteiger partial charge on any atom is -1.00 e. The van der Waals surface area contributed by atoms with Gasteiger partial charge in [-0.05, 0) is 38.2 Å². The molecule has 2 aliphatic rings. The fourth-order valence-corrected chi connectivity index (χ4v) is 4.61. The van der Waals surface area contributed by atoms with Crippen molar-refractivity contribution in [3.8, 4) is 0 Å². The molecule has 1 saturated heterocycles. The molecule has 0 radical (unpaired) electrons. The number of benzene rings is 1. The van der Waals surface area contributed by atoms with E-state index in [1.165, 1.54) is 62.8 Å². The summed E-state index contributed by atoms with van der Waals surface area (Å²) >= 11 is 0. The van der Waals surface area contributed by atoms with Crippen molar-refractivity contribution in [1.82, 2.24) is 4.90 Å². The Morgan fingerprint density at radius 2 is 1.54 bits per heavy atom. The van der Waals surface area contributed by atoms with Gasteiger partial charge in [0.05, 0.1) is 26.2 Å². The van der Waals surface area contributed by atoms with Crippen molar-refractivity contribution in [3.63, 3.8) is 0 Å². The molecule has 1 atom stereocenters. The molecule has 1 aliphatic carbocycles. The second-order valence-electron chi connectivity index (χ2n) is 8.31. The fourth-order valence-electron chi connectivity index (χ4n) is 4.61. The van der Waals surface area contributed by atoms with Gasteiger partial charge in [0.2, 0.25) is 0 Å². The highest BCUT2D eigenvalue weighted by atomic mass is 127. The molecule has 1 aromatic carbocycles. The van der Waals surface area contributed by atoms with Crippen molar-refractivity contribution in [3.05, 3.63) is 35.9 Å². The molecule has 3 rings (SSSR count). The van der Waals surface area contributed by atoms with Crippen LogP contribution in [-0.2, 0) is 0 Å². The van der Waals surface area contributed by atoms with E-state index in [0.717, 1.165) is 12.0 Å². The Balaban J connectivity index is 0.00000208. The first kappa shape index (κ1) is 20.2. The predicted molar refractivity (Wildman–Crippen MR) is 98.4 cm³/mol. The zero-order chi connectivity index (χ0) is 16.3. The number of rotatable bonds is 4. The van der Waals surface area contributed by atoms with Gasteiger partial charge < -0.3 is 28.5 Å².